The first kappa shape index (κ1) is 14.6. The van der Waals surface area contributed by atoms with Crippen LogP contribution in [0.1, 0.15) is 23.2 Å². The quantitative estimate of drug-likeness (QED) is 0.902. The Morgan fingerprint density at radius 2 is 2.18 bits per heavy atom. The third kappa shape index (κ3) is 2.82. The number of nitrogens with two attached hydrogens (primary N) is 1. The van der Waals surface area contributed by atoms with Gasteiger partial charge in [-0.1, -0.05) is 0 Å². The lowest BCUT2D eigenvalue weighted by molar-refractivity contribution is 0.0709. The second kappa shape index (κ2) is 6.19. The number of hydrogen-bond donors (Lipinski definition) is 2. The van der Waals surface area contributed by atoms with Crippen LogP contribution in [-0.2, 0) is 0 Å². The fourth-order valence-electron chi connectivity index (χ4n) is 2.79. The third-order valence-electron chi connectivity index (χ3n) is 3.99. The lowest BCUT2D eigenvalue weighted by Gasteiger charge is -2.30. The molecule has 6 nitrogen and oxygen atoms in total. The highest BCUT2D eigenvalue weighted by Crippen LogP contribution is 2.25. The molecule has 22 heavy (non-hydrogen) atoms. The summed E-state index contributed by atoms with van der Waals surface area (Å²) in [7, 11) is 1.62. The number of hydrogen-bond acceptors (Lipinski definition) is 4. The van der Waals surface area contributed by atoms with Crippen molar-refractivity contribution in [2.45, 2.75) is 18.9 Å². The van der Waals surface area contributed by atoms with Gasteiger partial charge in [0.05, 0.1) is 24.6 Å². The van der Waals surface area contributed by atoms with Crippen LogP contribution in [0, 0.1) is 0 Å². The zero-order chi connectivity index (χ0) is 15.5. The van der Waals surface area contributed by atoms with Crippen molar-refractivity contribution in [2.24, 2.45) is 5.73 Å². The molecule has 116 valence electrons. The standard InChI is InChI=1S/C16H20N4O2/c1-22-13-6-4-11(5-7-13)15-14(9-18-19-15)16(21)20-8-2-3-12(17)10-20/h4-7,9,12H,2-3,8,10,17H2,1H3,(H,18,19). The van der Waals surface area contributed by atoms with Crippen molar-refractivity contribution in [2.75, 3.05) is 20.2 Å². The van der Waals surface area contributed by atoms with Crippen LogP contribution in [0.15, 0.2) is 30.5 Å². The van der Waals surface area contributed by atoms with Crippen molar-refractivity contribution in [1.82, 2.24) is 15.1 Å². The van der Waals surface area contributed by atoms with Crippen LogP contribution in [0.4, 0.5) is 0 Å². The number of nitrogens with one attached hydrogen (secondary N) is 1. The number of benzene rings is 1. The van der Waals surface area contributed by atoms with Gasteiger partial charge in [-0.25, -0.2) is 0 Å². The number of carbonyl (C=O) groups is 1. The molecule has 3 N–H and O–H groups in total. The van der Waals surface area contributed by atoms with E-state index in [4.69, 9.17) is 10.5 Å². The molecule has 6 heteroatoms. The Bertz CT molecular complexity index is 650. The number of nitrogens with zero attached hydrogens (tertiary/aromatic N) is 2. The van der Waals surface area contributed by atoms with Crippen LogP contribution in [0.3, 0.4) is 0 Å². The van der Waals surface area contributed by atoms with Crippen molar-refractivity contribution in [1.29, 1.82) is 0 Å². The molecule has 1 atom stereocenters. The van der Waals surface area contributed by atoms with E-state index < -0.39 is 0 Å². The van der Waals surface area contributed by atoms with Gasteiger partial charge >= 0.3 is 0 Å². The average molecular weight is 300 g/mol. The molecule has 2 heterocycles. The first-order chi connectivity index (χ1) is 10.7. The van der Waals surface area contributed by atoms with Gasteiger partial charge in [0.2, 0.25) is 0 Å². The Balaban J connectivity index is 1.86. The number of aromatic amines is 1. The van der Waals surface area contributed by atoms with Crippen molar-refractivity contribution in [3.05, 3.63) is 36.0 Å². The van der Waals surface area contributed by atoms with Gasteiger partial charge in [0, 0.05) is 24.7 Å². The summed E-state index contributed by atoms with van der Waals surface area (Å²) in [5, 5.41) is 6.96. The van der Waals surface area contributed by atoms with Gasteiger partial charge in [-0.15, -0.1) is 0 Å². The first-order valence-corrected chi connectivity index (χ1v) is 7.41. The maximum Gasteiger partial charge on any atom is 0.257 e. The van der Waals surface area contributed by atoms with Crippen LogP contribution in [0.25, 0.3) is 11.3 Å². The number of rotatable bonds is 3. The minimum Gasteiger partial charge on any atom is -0.497 e. The monoisotopic (exact) mass is 300 g/mol. The van der Waals surface area contributed by atoms with Gasteiger partial charge in [-0.05, 0) is 37.1 Å². The number of aromatic nitrogens is 2. The normalized spacial score (nSPS) is 18.3. The van der Waals surface area contributed by atoms with Gasteiger partial charge in [0.15, 0.2) is 0 Å². The molecule has 1 aliphatic heterocycles. The van der Waals surface area contributed by atoms with Gasteiger partial charge in [0.1, 0.15) is 5.75 Å². The minimum atomic E-state index is -0.0188. The molecular weight excluding hydrogens is 280 g/mol. The van der Waals surface area contributed by atoms with Crippen LogP contribution in [-0.4, -0.2) is 47.2 Å². The number of likely N-dealkylation sites (tertiary alicyclic amines) is 1. The number of amides is 1. The first-order valence-electron chi connectivity index (χ1n) is 7.41. The maximum absolute atomic E-state index is 12.7. The van der Waals surface area contributed by atoms with Crippen LogP contribution in [0.2, 0.25) is 0 Å². The number of ether oxygens (including phenoxy) is 1. The highest BCUT2D eigenvalue weighted by molar-refractivity contribution is 5.99. The van der Waals surface area contributed by atoms with E-state index in [0.717, 1.165) is 36.4 Å². The van der Waals surface area contributed by atoms with Gasteiger partial charge < -0.3 is 15.4 Å². The van der Waals surface area contributed by atoms with E-state index in [1.165, 1.54) is 0 Å². The Morgan fingerprint density at radius 1 is 1.41 bits per heavy atom. The molecule has 0 bridgehead atoms. The lowest BCUT2D eigenvalue weighted by Crippen LogP contribution is -2.45. The van der Waals surface area contributed by atoms with Gasteiger partial charge in [-0.2, -0.15) is 5.10 Å². The summed E-state index contributed by atoms with van der Waals surface area (Å²) in [4.78, 5) is 14.5. The zero-order valence-electron chi connectivity index (χ0n) is 12.6. The van der Waals surface area contributed by atoms with E-state index in [2.05, 4.69) is 10.2 Å². The topological polar surface area (TPSA) is 84.2 Å². The molecule has 1 unspecified atom stereocenters. The molecule has 0 saturated carbocycles. The Morgan fingerprint density at radius 3 is 2.86 bits per heavy atom. The highest BCUT2D eigenvalue weighted by Gasteiger charge is 2.25. The van der Waals surface area contributed by atoms with Crippen molar-refractivity contribution in [3.8, 4) is 17.0 Å². The number of carbonyl (C=O) groups excluding carboxylic acids is 1. The summed E-state index contributed by atoms with van der Waals surface area (Å²) >= 11 is 0. The van der Waals surface area contributed by atoms with E-state index in [9.17, 15) is 4.79 Å². The van der Waals surface area contributed by atoms with Crippen molar-refractivity contribution >= 4 is 5.91 Å². The predicted molar refractivity (Wildman–Crippen MR) is 83.7 cm³/mol. The van der Waals surface area contributed by atoms with Crippen LogP contribution >= 0.6 is 0 Å². The second-order valence-electron chi connectivity index (χ2n) is 5.54. The molecule has 1 aromatic heterocycles. The van der Waals surface area contributed by atoms with Gasteiger partial charge in [-0.3, -0.25) is 9.89 Å². The molecule has 1 fully saturated rings. The van der Waals surface area contributed by atoms with Crippen molar-refractivity contribution < 1.29 is 9.53 Å². The maximum atomic E-state index is 12.7. The number of piperidine rings is 1. The van der Waals surface area contributed by atoms with E-state index in [1.54, 1.807) is 13.3 Å². The van der Waals surface area contributed by atoms with Crippen LogP contribution < -0.4 is 10.5 Å². The molecule has 1 aromatic carbocycles. The SMILES string of the molecule is COc1ccc(-c2[nH]ncc2C(=O)N2CCCC(N)C2)cc1. The molecule has 3 rings (SSSR count). The van der Waals surface area contributed by atoms with E-state index in [0.29, 0.717) is 12.1 Å². The number of methoxy groups -OCH3 is 1. The largest absolute Gasteiger partial charge is 0.497 e. The summed E-state index contributed by atoms with van der Waals surface area (Å²) in [6.45, 7) is 1.35. The van der Waals surface area contributed by atoms with E-state index in [1.807, 2.05) is 29.2 Å². The minimum absolute atomic E-state index is 0.0188. The molecule has 1 amide bonds. The Hall–Kier alpha value is -2.34. The summed E-state index contributed by atoms with van der Waals surface area (Å²) in [6, 6.07) is 7.60. The molecule has 0 radical (unpaired) electrons. The van der Waals surface area contributed by atoms with Crippen molar-refractivity contribution in [3.63, 3.8) is 0 Å². The molecule has 0 aliphatic carbocycles. The average Bonchev–Trinajstić information content (AvgIpc) is 3.04. The van der Waals surface area contributed by atoms with E-state index >= 15 is 0 Å². The third-order valence-corrected chi connectivity index (χ3v) is 3.99. The summed E-state index contributed by atoms with van der Waals surface area (Å²) in [6.07, 6.45) is 3.51. The number of H-pyrrole nitrogens is 1. The molecule has 1 aliphatic rings. The summed E-state index contributed by atoms with van der Waals surface area (Å²) in [5.74, 6) is 0.757. The lowest BCUT2D eigenvalue weighted by atomic mass is 10.0. The predicted octanol–water partition coefficient (Wildman–Crippen LogP) is 1.65. The highest BCUT2D eigenvalue weighted by atomic mass is 16.5. The van der Waals surface area contributed by atoms with E-state index in [-0.39, 0.29) is 11.9 Å². The molecule has 1 saturated heterocycles. The molecular formula is C16H20N4O2. The Labute approximate surface area is 129 Å². The zero-order valence-corrected chi connectivity index (χ0v) is 12.6. The summed E-state index contributed by atoms with van der Waals surface area (Å²) in [5.41, 5.74) is 8.18. The molecule has 2 aromatic rings. The smallest absolute Gasteiger partial charge is 0.257 e. The molecule has 0 spiro atoms. The fourth-order valence-corrected chi connectivity index (χ4v) is 2.79. The summed E-state index contributed by atoms with van der Waals surface area (Å²) < 4.78 is 5.16. The second-order valence-corrected chi connectivity index (χ2v) is 5.54. The van der Waals surface area contributed by atoms with Gasteiger partial charge in [0.25, 0.3) is 5.91 Å². The Kier molecular flexibility index (Phi) is 4.11. The van der Waals surface area contributed by atoms with Crippen LogP contribution in [0.5, 0.6) is 5.75 Å². The fraction of sp³-hybridized carbons (Fsp3) is 0.375.